The van der Waals surface area contributed by atoms with Gasteiger partial charge in [-0.15, -0.1) is 0 Å². The predicted octanol–water partition coefficient (Wildman–Crippen LogP) is 1.33. The number of hydrogen-bond acceptors (Lipinski definition) is 3. The number of pyridine rings is 1. The maximum atomic E-state index is 5.53. The zero-order valence-electron chi connectivity index (χ0n) is 8.46. The minimum atomic E-state index is 0.884. The highest BCUT2D eigenvalue weighted by molar-refractivity contribution is 6.09. The first-order valence-corrected chi connectivity index (χ1v) is 4.63. The summed E-state index contributed by atoms with van der Waals surface area (Å²) in [6.07, 6.45) is 6.96. The molecule has 0 atom stereocenters. The van der Waals surface area contributed by atoms with Crippen molar-refractivity contribution in [2.75, 3.05) is 7.05 Å². The average molecular weight is 200 g/mol. The molecule has 0 saturated heterocycles. The second kappa shape index (κ2) is 3.96. The molecule has 2 N–H and O–H groups in total. The molecule has 0 saturated carbocycles. The molecule has 0 aliphatic carbocycles. The molecule has 0 spiro atoms. The Hall–Kier alpha value is -2.10. The Morgan fingerprint density at radius 1 is 1.47 bits per heavy atom. The zero-order valence-corrected chi connectivity index (χ0v) is 8.46. The topological polar surface area (TPSA) is 55.7 Å². The Bertz CT molecular complexity index is 522. The lowest BCUT2D eigenvalue weighted by Crippen LogP contribution is -1.95. The first-order valence-electron chi connectivity index (χ1n) is 4.63. The number of rotatable bonds is 2. The van der Waals surface area contributed by atoms with Crippen molar-refractivity contribution >= 4 is 17.3 Å². The van der Waals surface area contributed by atoms with Crippen LogP contribution in [0.4, 0.5) is 0 Å². The minimum absolute atomic E-state index is 0.884. The Balaban J connectivity index is 2.51. The third kappa shape index (κ3) is 1.74. The summed E-state index contributed by atoms with van der Waals surface area (Å²) in [7, 11) is 1.72. The van der Waals surface area contributed by atoms with Crippen LogP contribution in [-0.2, 0) is 0 Å². The molecule has 0 fully saturated rings. The van der Waals surface area contributed by atoms with Gasteiger partial charge >= 0.3 is 0 Å². The second-order valence-corrected chi connectivity index (χ2v) is 3.13. The summed E-state index contributed by atoms with van der Waals surface area (Å²) in [5, 5.41) is 4.16. The number of hydrogen-bond donors (Lipinski definition) is 1. The van der Waals surface area contributed by atoms with Gasteiger partial charge in [0.2, 0.25) is 0 Å². The van der Waals surface area contributed by atoms with Crippen LogP contribution in [0.1, 0.15) is 5.56 Å². The lowest BCUT2D eigenvalue weighted by atomic mass is 10.1. The monoisotopic (exact) mass is 200 g/mol. The maximum absolute atomic E-state index is 5.53. The van der Waals surface area contributed by atoms with Gasteiger partial charge in [-0.1, -0.05) is 6.07 Å². The molecule has 0 bridgehead atoms. The highest BCUT2D eigenvalue weighted by Crippen LogP contribution is 2.12. The lowest BCUT2D eigenvalue weighted by molar-refractivity contribution is 0.958. The molecule has 2 aromatic rings. The molecule has 2 rings (SSSR count). The van der Waals surface area contributed by atoms with Crippen LogP contribution in [0.5, 0.6) is 0 Å². The van der Waals surface area contributed by atoms with Crippen LogP contribution in [0.15, 0.2) is 41.8 Å². The van der Waals surface area contributed by atoms with Gasteiger partial charge in [0, 0.05) is 43.0 Å². The molecule has 0 radical (unpaired) electrons. The molecule has 4 heteroatoms. The van der Waals surface area contributed by atoms with Crippen molar-refractivity contribution in [3.8, 4) is 0 Å². The van der Waals surface area contributed by atoms with E-state index in [9.17, 15) is 0 Å². The van der Waals surface area contributed by atoms with Crippen LogP contribution in [0, 0.1) is 0 Å². The summed E-state index contributed by atoms with van der Waals surface area (Å²) in [4.78, 5) is 3.95. The third-order valence-corrected chi connectivity index (χ3v) is 2.18. The fraction of sp³-hybridized carbons (Fsp3) is 0.0909. The SMILES string of the molecule is CN=CC(=CN)c1ccc2ccnn2c1. The van der Waals surface area contributed by atoms with E-state index in [0.717, 1.165) is 16.7 Å². The molecule has 0 unspecified atom stereocenters. The summed E-state index contributed by atoms with van der Waals surface area (Å²) in [5.74, 6) is 0. The first kappa shape index (κ1) is 9.45. The number of aromatic nitrogens is 2. The van der Waals surface area contributed by atoms with Crippen molar-refractivity contribution in [1.29, 1.82) is 0 Å². The van der Waals surface area contributed by atoms with Gasteiger partial charge in [0.15, 0.2) is 0 Å². The lowest BCUT2D eigenvalue weighted by Gasteiger charge is -2.01. The van der Waals surface area contributed by atoms with Gasteiger partial charge in [-0.05, 0) is 12.1 Å². The third-order valence-electron chi connectivity index (χ3n) is 2.18. The van der Waals surface area contributed by atoms with E-state index in [0.29, 0.717) is 0 Å². The maximum Gasteiger partial charge on any atom is 0.0661 e. The Morgan fingerprint density at radius 2 is 2.33 bits per heavy atom. The average Bonchev–Trinajstić information content (AvgIpc) is 2.72. The van der Waals surface area contributed by atoms with Crippen molar-refractivity contribution in [2.24, 2.45) is 10.7 Å². The Kier molecular flexibility index (Phi) is 2.49. The van der Waals surface area contributed by atoms with E-state index in [1.54, 1.807) is 19.5 Å². The van der Waals surface area contributed by atoms with Crippen LogP contribution in [-0.4, -0.2) is 22.9 Å². The van der Waals surface area contributed by atoms with Crippen LogP contribution in [0.25, 0.3) is 11.1 Å². The molecular weight excluding hydrogens is 188 g/mol. The molecule has 2 heterocycles. The largest absolute Gasteiger partial charge is 0.404 e. The van der Waals surface area contributed by atoms with Gasteiger partial charge in [0.05, 0.1) is 5.52 Å². The number of nitrogens with zero attached hydrogens (tertiary/aromatic N) is 3. The Labute approximate surface area is 87.7 Å². The summed E-state index contributed by atoms with van der Waals surface area (Å²) in [6, 6.07) is 5.94. The minimum Gasteiger partial charge on any atom is -0.404 e. The van der Waals surface area contributed by atoms with Crippen molar-refractivity contribution in [1.82, 2.24) is 9.61 Å². The van der Waals surface area contributed by atoms with E-state index in [-0.39, 0.29) is 0 Å². The summed E-state index contributed by atoms with van der Waals surface area (Å²) < 4.78 is 1.81. The standard InChI is InChI=1S/C11H12N4/c1-13-7-10(6-12)9-2-3-11-4-5-14-15(11)8-9/h2-8H,12H2,1H3. The second-order valence-electron chi connectivity index (χ2n) is 3.13. The van der Waals surface area contributed by atoms with Crippen molar-refractivity contribution in [3.05, 3.63) is 42.4 Å². The van der Waals surface area contributed by atoms with Gasteiger partial charge in [0.1, 0.15) is 0 Å². The molecule has 2 aromatic heterocycles. The molecule has 0 aliphatic rings. The van der Waals surface area contributed by atoms with Crippen molar-refractivity contribution in [2.45, 2.75) is 0 Å². The van der Waals surface area contributed by atoms with E-state index < -0.39 is 0 Å². The Morgan fingerprint density at radius 3 is 3.07 bits per heavy atom. The zero-order chi connectivity index (χ0) is 10.7. The van der Waals surface area contributed by atoms with E-state index >= 15 is 0 Å². The molecule has 15 heavy (non-hydrogen) atoms. The van der Waals surface area contributed by atoms with Crippen molar-refractivity contribution < 1.29 is 0 Å². The van der Waals surface area contributed by atoms with Crippen LogP contribution < -0.4 is 5.73 Å². The number of allylic oxidation sites excluding steroid dienone is 1. The van der Waals surface area contributed by atoms with Crippen molar-refractivity contribution in [3.63, 3.8) is 0 Å². The van der Waals surface area contributed by atoms with Gasteiger partial charge < -0.3 is 5.73 Å². The number of aliphatic imine (C=N–C) groups is 1. The molecule has 0 aliphatic heterocycles. The summed E-state index contributed by atoms with van der Waals surface area (Å²) in [6.45, 7) is 0. The summed E-state index contributed by atoms with van der Waals surface area (Å²) in [5.41, 5.74) is 8.47. The highest BCUT2D eigenvalue weighted by atomic mass is 15.2. The first-order chi connectivity index (χ1) is 7.35. The van der Waals surface area contributed by atoms with Crippen LogP contribution in [0.2, 0.25) is 0 Å². The van der Waals surface area contributed by atoms with E-state index in [1.165, 1.54) is 6.20 Å². The van der Waals surface area contributed by atoms with Gasteiger partial charge in [-0.2, -0.15) is 5.10 Å². The smallest absolute Gasteiger partial charge is 0.0661 e. The van der Waals surface area contributed by atoms with Crippen LogP contribution in [0.3, 0.4) is 0 Å². The quantitative estimate of drug-likeness (QED) is 0.743. The van der Waals surface area contributed by atoms with Crippen LogP contribution >= 0.6 is 0 Å². The van der Waals surface area contributed by atoms with E-state index in [1.807, 2.05) is 28.9 Å². The van der Waals surface area contributed by atoms with E-state index in [4.69, 9.17) is 5.73 Å². The van der Waals surface area contributed by atoms with Gasteiger partial charge in [-0.3, -0.25) is 4.99 Å². The molecule has 4 nitrogen and oxygen atoms in total. The predicted molar refractivity (Wildman–Crippen MR) is 61.8 cm³/mol. The highest BCUT2D eigenvalue weighted by Gasteiger charge is 2.00. The number of fused-ring (bicyclic) bond motifs is 1. The molecule has 0 amide bonds. The normalized spacial score (nSPS) is 12.7. The van der Waals surface area contributed by atoms with Gasteiger partial charge in [-0.25, -0.2) is 4.52 Å². The molecule has 76 valence electrons. The fourth-order valence-electron chi connectivity index (χ4n) is 1.44. The fourth-order valence-corrected chi connectivity index (χ4v) is 1.44. The van der Waals surface area contributed by atoms with E-state index in [2.05, 4.69) is 10.1 Å². The van der Waals surface area contributed by atoms with Gasteiger partial charge in [0.25, 0.3) is 0 Å². The summed E-state index contributed by atoms with van der Waals surface area (Å²) >= 11 is 0. The molecular formula is C11H12N4. The molecule has 0 aromatic carbocycles. The number of nitrogens with two attached hydrogens (primary N) is 1.